The monoisotopic (exact) mass is 294 g/mol. The van der Waals surface area contributed by atoms with Gasteiger partial charge in [0.2, 0.25) is 5.91 Å². The van der Waals surface area contributed by atoms with Gasteiger partial charge in [-0.3, -0.25) is 4.79 Å². The van der Waals surface area contributed by atoms with Crippen molar-refractivity contribution in [2.24, 2.45) is 0 Å². The maximum atomic E-state index is 14.0. The van der Waals surface area contributed by atoms with Crippen LogP contribution in [0.15, 0.2) is 12.3 Å². The molecule has 114 valence electrons. The Morgan fingerprint density at radius 3 is 2.75 bits per heavy atom. The summed E-state index contributed by atoms with van der Waals surface area (Å²) in [5, 5.41) is 30.4. The molecule has 4 N–H and O–H groups in total. The van der Waals surface area contributed by atoms with Gasteiger partial charge < -0.3 is 30.3 Å². The number of rotatable bonds is 3. The van der Waals surface area contributed by atoms with Gasteiger partial charge in [-0.25, -0.2) is 0 Å². The van der Waals surface area contributed by atoms with Crippen LogP contribution in [0.2, 0.25) is 0 Å². The molecule has 2 heterocycles. The van der Waals surface area contributed by atoms with Crippen LogP contribution in [-0.2, 0) is 9.53 Å². The van der Waals surface area contributed by atoms with E-state index in [1.54, 1.807) is 0 Å². The Labute approximate surface area is 113 Å². The lowest BCUT2D eigenvalue weighted by molar-refractivity contribution is -0.173. The van der Waals surface area contributed by atoms with E-state index in [1.807, 2.05) is 0 Å². The normalized spacial score (nSPS) is 37.9. The number of halogens is 2. The van der Waals surface area contributed by atoms with Crippen LogP contribution in [0.3, 0.4) is 0 Å². The fourth-order valence-corrected chi connectivity index (χ4v) is 2.25. The zero-order valence-corrected chi connectivity index (χ0v) is 10.6. The van der Waals surface area contributed by atoms with Gasteiger partial charge in [0.05, 0.1) is 12.7 Å². The molecular formula is C11H16F2N2O5. The lowest BCUT2D eigenvalue weighted by Gasteiger charge is -2.38. The smallest absolute Gasteiger partial charge is 0.319 e. The number of hydrogen-bond acceptors (Lipinski definition) is 6. The van der Waals surface area contributed by atoms with E-state index >= 15 is 0 Å². The van der Waals surface area contributed by atoms with Gasteiger partial charge in [-0.05, 0) is 6.92 Å². The maximum absolute atomic E-state index is 14.0. The van der Waals surface area contributed by atoms with Crippen LogP contribution < -0.4 is 5.32 Å². The van der Waals surface area contributed by atoms with Gasteiger partial charge >= 0.3 is 5.92 Å². The zero-order valence-electron chi connectivity index (χ0n) is 10.6. The number of aliphatic hydroxyl groups is 3. The lowest BCUT2D eigenvalue weighted by atomic mass is 10.1. The first-order valence-corrected chi connectivity index (χ1v) is 6.05. The van der Waals surface area contributed by atoms with Gasteiger partial charge in [0.15, 0.2) is 12.3 Å². The third-order valence-electron chi connectivity index (χ3n) is 3.31. The van der Waals surface area contributed by atoms with Gasteiger partial charge in [0.1, 0.15) is 12.3 Å². The van der Waals surface area contributed by atoms with Crippen molar-refractivity contribution in [3.05, 3.63) is 12.3 Å². The molecule has 1 amide bonds. The van der Waals surface area contributed by atoms with Gasteiger partial charge in [-0.2, -0.15) is 8.78 Å². The average molecular weight is 294 g/mol. The fraction of sp³-hybridized carbons (Fsp3) is 0.727. The first kappa shape index (κ1) is 15.1. The van der Waals surface area contributed by atoms with Gasteiger partial charge in [-0.1, -0.05) is 0 Å². The van der Waals surface area contributed by atoms with E-state index in [0.29, 0.717) is 0 Å². The Balaban J connectivity index is 2.27. The maximum Gasteiger partial charge on any atom is 0.319 e. The highest BCUT2D eigenvalue weighted by Crippen LogP contribution is 2.40. The summed E-state index contributed by atoms with van der Waals surface area (Å²) < 4.78 is 33.1. The summed E-state index contributed by atoms with van der Waals surface area (Å²) in [4.78, 5) is 12.0. The predicted octanol–water partition coefficient (Wildman–Crippen LogP) is -1.65. The van der Waals surface area contributed by atoms with E-state index in [-0.39, 0.29) is 0 Å². The molecule has 5 unspecified atom stereocenters. The second kappa shape index (κ2) is 5.24. The molecule has 20 heavy (non-hydrogen) atoms. The van der Waals surface area contributed by atoms with E-state index < -0.39 is 49.1 Å². The molecule has 0 aromatic heterocycles. The minimum atomic E-state index is -3.67. The van der Waals surface area contributed by atoms with Crippen molar-refractivity contribution < 1.29 is 33.6 Å². The highest BCUT2D eigenvalue weighted by atomic mass is 19.3. The molecule has 2 rings (SSSR count). The molecule has 9 heteroatoms. The number of aliphatic hydroxyl groups excluding tert-OH is 3. The van der Waals surface area contributed by atoms with E-state index in [2.05, 4.69) is 5.32 Å². The van der Waals surface area contributed by atoms with Crippen molar-refractivity contribution in [2.45, 2.75) is 43.6 Å². The number of alkyl halides is 2. The van der Waals surface area contributed by atoms with Crippen molar-refractivity contribution in [1.29, 1.82) is 0 Å². The van der Waals surface area contributed by atoms with Crippen LogP contribution in [0.1, 0.15) is 6.92 Å². The number of nitrogens with zero attached hydrogens (tertiary/aromatic N) is 1. The minimum Gasteiger partial charge on any atom is -0.392 e. The van der Waals surface area contributed by atoms with Crippen molar-refractivity contribution in [3.63, 3.8) is 0 Å². The quantitative estimate of drug-likeness (QED) is 0.497. The summed E-state index contributed by atoms with van der Waals surface area (Å²) in [5.74, 6) is -4.20. The summed E-state index contributed by atoms with van der Waals surface area (Å²) in [6, 6.07) is 0. The third-order valence-corrected chi connectivity index (χ3v) is 3.31. The Kier molecular flexibility index (Phi) is 3.96. The number of carbonyl (C=O) groups is 1. The summed E-state index contributed by atoms with van der Waals surface area (Å²) in [5.41, 5.74) is 0. The van der Waals surface area contributed by atoms with E-state index in [9.17, 15) is 23.8 Å². The van der Waals surface area contributed by atoms with Crippen molar-refractivity contribution in [1.82, 2.24) is 10.2 Å². The first-order valence-electron chi connectivity index (χ1n) is 6.05. The summed E-state index contributed by atoms with van der Waals surface area (Å²) in [6.45, 7) is 0.616. The molecule has 0 aromatic carbocycles. The molecule has 0 saturated carbocycles. The van der Waals surface area contributed by atoms with Crippen molar-refractivity contribution in [3.8, 4) is 0 Å². The third kappa shape index (κ3) is 2.37. The molecule has 0 aromatic rings. The zero-order chi connectivity index (χ0) is 15.1. The Hall–Kier alpha value is -1.29. The second-order valence-corrected chi connectivity index (χ2v) is 4.78. The van der Waals surface area contributed by atoms with Crippen molar-refractivity contribution >= 4 is 5.91 Å². The molecule has 1 fully saturated rings. The van der Waals surface area contributed by atoms with Crippen LogP contribution in [0.5, 0.6) is 0 Å². The molecule has 7 nitrogen and oxygen atoms in total. The minimum absolute atomic E-state index is 0.533. The van der Waals surface area contributed by atoms with Crippen LogP contribution in [0.4, 0.5) is 8.78 Å². The van der Waals surface area contributed by atoms with E-state index in [1.165, 1.54) is 6.92 Å². The van der Waals surface area contributed by atoms with Crippen LogP contribution in [-0.4, -0.2) is 69.4 Å². The van der Waals surface area contributed by atoms with Gasteiger partial charge in [0, 0.05) is 12.3 Å². The van der Waals surface area contributed by atoms with Crippen LogP contribution in [0.25, 0.3) is 0 Å². The largest absolute Gasteiger partial charge is 0.392 e. The topological polar surface area (TPSA) is 102 Å². The molecule has 0 spiro atoms. The van der Waals surface area contributed by atoms with Crippen LogP contribution >= 0.6 is 0 Å². The summed E-state index contributed by atoms with van der Waals surface area (Å²) in [6.07, 6.45) is -5.85. The molecule has 0 bridgehead atoms. The number of hydrogen-bond donors (Lipinski definition) is 4. The highest BCUT2D eigenvalue weighted by Gasteiger charge is 2.62. The number of nitrogens with one attached hydrogen (secondary N) is 1. The SMILES string of the molecule is CC(O)C1OC(N2C=CC(=O)NC2CO)C(F)(F)C1O. The molecule has 5 atom stereocenters. The lowest BCUT2D eigenvalue weighted by Crippen LogP contribution is -2.58. The molecule has 0 radical (unpaired) electrons. The van der Waals surface area contributed by atoms with E-state index in [0.717, 1.165) is 17.2 Å². The molecule has 2 aliphatic rings. The Morgan fingerprint density at radius 1 is 1.60 bits per heavy atom. The molecular weight excluding hydrogens is 278 g/mol. The molecule has 2 aliphatic heterocycles. The molecule has 0 aliphatic carbocycles. The standard InChI is InChI=1S/C11H16F2N2O5/c1-5(17)8-9(19)11(12,13)10(20-8)15-3-2-7(18)14-6(15)4-16/h2-3,5-6,8-10,16-17,19H,4H2,1H3,(H,14,18). The number of ether oxygens (including phenoxy) is 1. The predicted molar refractivity (Wildman–Crippen MR) is 61.3 cm³/mol. The summed E-state index contributed by atoms with van der Waals surface area (Å²) >= 11 is 0. The van der Waals surface area contributed by atoms with Crippen LogP contribution in [0, 0.1) is 0 Å². The van der Waals surface area contributed by atoms with Crippen molar-refractivity contribution in [2.75, 3.05) is 6.61 Å². The Bertz CT molecular complexity index is 418. The van der Waals surface area contributed by atoms with Gasteiger partial charge in [-0.15, -0.1) is 0 Å². The number of carbonyl (C=O) groups excluding carboxylic acids is 1. The fourth-order valence-electron chi connectivity index (χ4n) is 2.25. The molecule has 1 saturated heterocycles. The second-order valence-electron chi connectivity index (χ2n) is 4.78. The number of amides is 1. The summed E-state index contributed by atoms with van der Waals surface area (Å²) in [7, 11) is 0. The Morgan fingerprint density at radius 2 is 2.25 bits per heavy atom. The van der Waals surface area contributed by atoms with E-state index in [4.69, 9.17) is 9.84 Å². The highest BCUT2D eigenvalue weighted by molar-refractivity contribution is 5.88. The first-order chi connectivity index (χ1) is 9.28. The average Bonchev–Trinajstić information content (AvgIpc) is 2.61. The van der Waals surface area contributed by atoms with Gasteiger partial charge in [0.25, 0.3) is 0 Å².